The van der Waals surface area contributed by atoms with Gasteiger partial charge in [0.05, 0.1) is 21.3 Å². The summed E-state index contributed by atoms with van der Waals surface area (Å²) >= 11 is 0. The lowest BCUT2D eigenvalue weighted by Crippen LogP contribution is -2.49. The van der Waals surface area contributed by atoms with Gasteiger partial charge in [-0.15, -0.1) is 0 Å². The molecule has 0 unspecified atom stereocenters. The summed E-state index contributed by atoms with van der Waals surface area (Å²) in [4.78, 5) is 50.7. The predicted octanol–water partition coefficient (Wildman–Crippen LogP) is 2.08. The summed E-state index contributed by atoms with van der Waals surface area (Å²) in [5.41, 5.74) is -0.596. The number of ether oxygens (including phenoxy) is 4. The maximum Gasteiger partial charge on any atom is 0.326 e. The van der Waals surface area contributed by atoms with Crippen LogP contribution in [0.15, 0.2) is 12.1 Å². The molecule has 1 aromatic rings. The number of methoxy groups -OCH3 is 3. The molecule has 1 heterocycles. The van der Waals surface area contributed by atoms with Gasteiger partial charge in [0.15, 0.2) is 18.1 Å². The number of hydrogen-bond donors (Lipinski definition) is 2. The average Bonchev–Trinajstić information content (AvgIpc) is 3.06. The van der Waals surface area contributed by atoms with E-state index in [2.05, 4.69) is 17.6 Å². The van der Waals surface area contributed by atoms with Gasteiger partial charge in [-0.25, -0.2) is 4.79 Å². The van der Waals surface area contributed by atoms with Gasteiger partial charge in [-0.1, -0.05) is 13.3 Å². The van der Waals surface area contributed by atoms with E-state index in [0.29, 0.717) is 41.7 Å². The minimum absolute atomic E-state index is 0.342. The number of hydrogen-bond acceptors (Lipinski definition) is 8. The van der Waals surface area contributed by atoms with E-state index in [0.717, 1.165) is 24.2 Å². The second-order valence-corrected chi connectivity index (χ2v) is 8.38. The highest BCUT2D eigenvalue weighted by molar-refractivity contribution is 6.08. The van der Waals surface area contributed by atoms with Crippen LogP contribution in [0.4, 0.5) is 10.5 Å². The molecular weight excluding hydrogens is 446 g/mol. The summed E-state index contributed by atoms with van der Waals surface area (Å²) in [6.07, 6.45) is 3.84. The smallest absolute Gasteiger partial charge is 0.326 e. The van der Waals surface area contributed by atoms with Crippen molar-refractivity contribution >= 4 is 29.5 Å². The summed E-state index contributed by atoms with van der Waals surface area (Å²) in [7, 11) is 4.35. The van der Waals surface area contributed by atoms with Gasteiger partial charge in [-0.05, 0) is 31.6 Å². The van der Waals surface area contributed by atoms with E-state index in [1.54, 1.807) is 0 Å². The highest BCUT2D eigenvalue weighted by atomic mass is 16.5. The van der Waals surface area contributed by atoms with Crippen molar-refractivity contribution in [3.63, 3.8) is 0 Å². The molecule has 11 heteroatoms. The zero-order valence-electron chi connectivity index (χ0n) is 19.9. The van der Waals surface area contributed by atoms with E-state index >= 15 is 0 Å². The van der Waals surface area contributed by atoms with Crippen molar-refractivity contribution in [2.75, 3.05) is 39.8 Å². The van der Waals surface area contributed by atoms with Crippen LogP contribution >= 0.6 is 0 Å². The van der Waals surface area contributed by atoms with Crippen molar-refractivity contribution in [1.82, 2.24) is 10.2 Å². The van der Waals surface area contributed by atoms with Gasteiger partial charge in [0.25, 0.3) is 11.8 Å². The van der Waals surface area contributed by atoms with Crippen molar-refractivity contribution < 1.29 is 38.1 Å². The Labute approximate surface area is 198 Å². The number of imide groups is 1. The number of esters is 1. The Morgan fingerprint density at radius 2 is 1.71 bits per heavy atom. The molecule has 2 aliphatic rings. The van der Waals surface area contributed by atoms with E-state index in [1.165, 1.54) is 33.5 Å². The topological polar surface area (TPSA) is 133 Å². The molecule has 4 amide bonds. The van der Waals surface area contributed by atoms with Crippen LogP contribution in [0.1, 0.15) is 39.0 Å². The third-order valence-electron chi connectivity index (χ3n) is 6.38. The first-order valence-corrected chi connectivity index (χ1v) is 11.2. The second-order valence-electron chi connectivity index (χ2n) is 8.38. The van der Waals surface area contributed by atoms with Gasteiger partial charge in [0.1, 0.15) is 12.1 Å². The molecule has 1 aliphatic carbocycles. The summed E-state index contributed by atoms with van der Waals surface area (Å²) in [5, 5.41) is 5.34. The van der Waals surface area contributed by atoms with E-state index in [-0.39, 0.29) is 0 Å². The SMILES string of the molecule is CCC1CCC2(CC1)NC(=O)N(CC(=O)OCC(=O)Nc1cc(OC)c(OC)c(OC)c1)C2=O. The van der Waals surface area contributed by atoms with Gasteiger partial charge in [0.2, 0.25) is 5.75 Å². The Hall–Kier alpha value is -3.50. The zero-order valence-corrected chi connectivity index (χ0v) is 19.9. The first kappa shape index (κ1) is 25.1. The molecule has 2 N–H and O–H groups in total. The number of nitrogens with zero attached hydrogens (tertiary/aromatic N) is 1. The van der Waals surface area contributed by atoms with Crippen LogP contribution < -0.4 is 24.8 Å². The van der Waals surface area contributed by atoms with Gasteiger partial charge in [0, 0.05) is 17.8 Å². The zero-order chi connectivity index (χ0) is 24.9. The minimum Gasteiger partial charge on any atom is -0.493 e. The number of urea groups is 1. The van der Waals surface area contributed by atoms with Crippen LogP contribution in [-0.4, -0.2) is 68.7 Å². The maximum absolute atomic E-state index is 12.9. The summed E-state index contributed by atoms with van der Waals surface area (Å²) in [6, 6.07) is 2.45. The fourth-order valence-electron chi connectivity index (χ4n) is 4.41. The van der Waals surface area contributed by atoms with Crippen molar-refractivity contribution in [3.05, 3.63) is 12.1 Å². The molecular formula is C23H31N3O8. The number of benzene rings is 1. The first-order valence-electron chi connectivity index (χ1n) is 11.2. The molecule has 0 radical (unpaired) electrons. The predicted molar refractivity (Wildman–Crippen MR) is 121 cm³/mol. The Morgan fingerprint density at radius 3 is 2.24 bits per heavy atom. The molecule has 2 fully saturated rings. The quantitative estimate of drug-likeness (QED) is 0.408. The molecule has 3 rings (SSSR count). The Kier molecular flexibility index (Phi) is 7.85. The fraction of sp³-hybridized carbons (Fsp3) is 0.565. The van der Waals surface area contributed by atoms with Crippen LogP contribution in [0.3, 0.4) is 0 Å². The van der Waals surface area contributed by atoms with Gasteiger partial charge in [-0.3, -0.25) is 19.3 Å². The number of anilines is 1. The summed E-state index contributed by atoms with van der Waals surface area (Å²) in [5.74, 6) is -0.297. The number of carbonyl (C=O) groups excluding carboxylic acids is 4. The van der Waals surface area contributed by atoms with Crippen LogP contribution in [-0.2, 0) is 19.1 Å². The van der Waals surface area contributed by atoms with Crippen molar-refractivity contribution in [2.45, 2.75) is 44.6 Å². The molecule has 11 nitrogen and oxygen atoms in total. The molecule has 34 heavy (non-hydrogen) atoms. The number of nitrogens with one attached hydrogen (secondary N) is 2. The van der Waals surface area contributed by atoms with Gasteiger partial charge >= 0.3 is 12.0 Å². The minimum atomic E-state index is -0.938. The van der Waals surface area contributed by atoms with E-state index in [9.17, 15) is 19.2 Å². The van der Waals surface area contributed by atoms with Crippen LogP contribution in [0, 0.1) is 5.92 Å². The largest absolute Gasteiger partial charge is 0.493 e. The summed E-state index contributed by atoms with van der Waals surface area (Å²) in [6.45, 7) is 0.960. The standard InChI is InChI=1S/C23H31N3O8/c1-5-14-6-8-23(9-7-14)21(29)26(22(30)25-23)12-19(28)34-13-18(27)24-15-10-16(31-2)20(33-4)17(11-15)32-3/h10-11,14H,5-9,12-13H2,1-4H3,(H,24,27)(H,25,30). The van der Waals surface area contributed by atoms with Crippen LogP contribution in [0.5, 0.6) is 17.2 Å². The Morgan fingerprint density at radius 1 is 1.09 bits per heavy atom. The molecule has 1 saturated heterocycles. The third-order valence-corrected chi connectivity index (χ3v) is 6.38. The average molecular weight is 478 g/mol. The van der Waals surface area contributed by atoms with E-state index < -0.39 is 42.5 Å². The maximum atomic E-state index is 12.9. The van der Waals surface area contributed by atoms with Crippen molar-refractivity contribution in [3.8, 4) is 17.2 Å². The molecule has 0 bridgehead atoms. The number of amides is 4. The lowest BCUT2D eigenvalue weighted by atomic mass is 9.75. The lowest BCUT2D eigenvalue weighted by Gasteiger charge is -2.34. The van der Waals surface area contributed by atoms with Gasteiger partial charge in [-0.2, -0.15) is 0 Å². The molecule has 0 aromatic heterocycles. The molecule has 0 atom stereocenters. The van der Waals surface area contributed by atoms with Crippen molar-refractivity contribution in [1.29, 1.82) is 0 Å². The monoisotopic (exact) mass is 477 g/mol. The second kappa shape index (κ2) is 10.6. The Bertz CT molecular complexity index is 931. The summed E-state index contributed by atoms with van der Waals surface area (Å²) < 4.78 is 20.7. The highest BCUT2D eigenvalue weighted by Gasteiger charge is 2.52. The molecule has 1 saturated carbocycles. The fourth-order valence-corrected chi connectivity index (χ4v) is 4.41. The Balaban J connectivity index is 1.54. The van der Waals surface area contributed by atoms with Crippen LogP contribution in [0.25, 0.3) is 0 Å². The van der Waals surface area contributed by atoms with Gasteiger partial charge < -0.3 is 29.6 Å². The number of carbonyl (C=O) groups is 4. The van der Waals surface area contributed by atoms with E-state index in [4.69, 9.17) is 18.9 Å². The normalized spacial score (nSPS) is 21.8. The molecule has 1 spiro atoms. The number of rotatable bonds is 9. The van der Waals surface area contributed by atoms with Crippen LogP contribution in [0.2, 0.25) is 0 Å². The lowest BCUT2D eigenvalue weighted by molar-refractivity contribution is -0.150. The molecule has 186 valence electrons. The molecule has 1 aliphatic heterocycles. The third kappa shape index (κ3) is 5.18. The first-order chi connectivity index (χ1) is 16.3. The molecule has 1 aromatic carbocycles. The van der Waals surface area contributed by atoms with E-state index in [1.807, 2.05) is 0 Å². The highest BCUT2D eigenvalue weighted by Crippen LogP contribution is 2.40. The van der Waals surface area contributed by atoms with Crippen molar-refractivity contribution in [2.24, 2.45) is 5.92 Å².